The number of anilines is 1. The average molecular weight is 235 g/mol. The van der Waals surface area contributed by atoms with Crippen molar-refractivity contribution in [3.05, 3.63) is 11.4 Å². The molecule has 1 aliphatic rings. The third kappa shape index (κ3) is 3.12. The molecule has 6 nitrogen and oxygen atoms in total. The van der Waals surface area contributed by atoms with E-state index in [0.717, 1.165) is 24.2 Å². The Morgan fingerprint density at radius 3 is 2.59 bits per heavy atom. The number of hydrogen-bond acceptors (Lipinski definition) is 5. The molecule has 0 bridgehead atoms. The van der Waals surface area contributed by atoms with Crippen LogP contribution in [0.15, 0.2) is 0 Å². The highest BCUT2D eigenvalue weighted by Crippen LogP contribution is 2.18. The maximum Gasteiger partial charge on any atom is 0.243 e. The van der Waals surface area contributed by atoms with E-state index in [1.165, 1.54) is 0 Å². The topological polar surface area (TPSA) is 79.8 Å². The van der Waals surface area contributed by atoms with Crippen LogP contribution in [0.2, 0.25) is 0 Å². The molecule has 1 atom stereocenters. The molecule has 17 heavy (non-hydrogen) atoms. The molecular formula is C11H17N5O. The number of aromatic nitrogens is 3. The van der Waals surface area contributed by atoms with Crippen molar-refractivity contribution in [3.63, 3.8) is 0 Å². The molecule has 2 N–H and O–H groups in total. The predicted molar refractivity (Wildman–Crippen MR) is 63.6 cm³/mol. The first kappa shape index (κ1) is 11.8. The quantitative estimate of drug-likeness (QED) is 0.797. The van der Waals surface area contributed by atoms with E-state index in [4.69, 9.17) is 0 Å². The molecule has 1 fully saturated rings. The lowest BCUT2D eigenvalue weighted by Gasteiger charge is -2.13. The molecule has 6 heteroatoms. The fourth-order valence-electron chi connectivity index (χ4n) is 1.33. The first-order valence-corrected chi connectivity index (χ1v) is 5.81. The zero-order valence-electron chi connectivity index (χ0n) is 10.3. The number of rotatable bonds is 4. The van der Waals surface area contributed by atoms with Gasteiger partial charge in [0.15, 0.2) is 0 Å². The van der Waals surface area contributed by atoms with Gasteiger partial charge in [-0.25, -0.2) is 4.98 Å². The Bertz CT molecular complexity index is 430. The third-order valence-electron chi connectivity index (χ3n) is 2.75. The molecule has 2 rings (SSSR count). The molecule has 1 amide bonds. The predicted octanol–water partition coefficient (Wildman–Crippen LogP) is 0.567. The molecule has 1 heterocycles. The van der Waals surface area contributed by atoms with Gasteiger partial charge in [-0.15, -0.1) is 5.10 Å². The van der Waals surface area contributed by atoms with Gasteiger partial charge >= 0.3 is 0 Å². The van der Waals surface area contributed by atoms with Crippen LogP contribution in [-0.2, 0) is 4.79 Å². The van der Waals surface area contributed by atoms with Crippen LogP contribution in [0.25, 0.3) is 0 Å². The first-order chi connectivity index (χ1) is 8.06. The Labute approximate surface area is 100 Å². The Morgan fingerprint density at radius 1 is 1.29 bits per heavy atom. The Balaban J connectivity index is 1.94. The molecule has 92 valence electrons. The van der Waals surface area contributed by atoms with Crippen LogP contribution in [0, 0.1) is 13.8 Å². The summed E-state index contributed by atoms with van der Waals surface area (Å²) in [5.41, 5.74) is 1.61. The van der Waals surface area contributed by atoms with Crippen molar-refractivity contribution in [1.82, 2.24) is 20.5 Å². The van der Waals surface area contributed by atoms with Gasteiger partial charge in [-0.1, -0.05) is 0 Å². The average Bonchev–Trinajstić information content (AvgIpc) is 3.07. The summed E-state index contributed by atoms with van der Waals surface area (Å²) in [4.78, 5) is 15.9. The molecule has 0 spiro atoms. The molecule has 1 aromatic rings. The van der Waals surface area contributed by atoms with Crippen LogP contribution in [0.1, 0.15) is 31.2 Å². The lowest BCUT2D eigenvalue weighted by atomic mass is 10.3. The zero-order valence-corrected chi connectivity index (χ0v) is 10.3. The summed E-state index contributed by atoms with van der Waals surface area (Å²) < 4.78 is 0. The Hall–Kier alpha value is -1.72. The SMILES string of the molecule is Cc1nnc(NC(C)C(=O)NC2CC2)nc1C. The van der Waals surface area contributed by atoms with Crippen LogP contribution in [-0.4, -0.2) is 33.2 Å². The van der Waals surface area contributed by atoms with E-state index in [1.807, 2.05) is 13.8 Å². The minimum absolute atomic E-state index is 0.0191. The summed E-state index contributed by atoms with van der Waals surface area (Å²) in [7, 11) is 0. The summed E-state index contributed by atoms with van der Waals surface area (Å²) >= 11 is 0. The van der Waals surface area contributed by atoms with Crippen LogP contribution >= 0.6 is 0 Å². The summed E-state index contributed by atoms with van der Waals surface area (Å²) in [5.74, 6) is 0.376. The molecular weight excluding hydrogens is 218 g/mol. The van der Waals surface area contributed by atoms with Crippen molar-refractivity contribution in [2.75, 3.05) is 5.32 Å². The second-order valence-corrected chi connectivity index (χ2v) is 4.46. The highest BCUT2D eigenvalue weighted by molar-refractivity contribution is 5.84. The number of aryl methyl sites for hydroxylation is 2. The van der Waals surface area contributed by atoms with Crippen molar-refractivity contribution < 1.29 is 4.79 Å². The van der Waals surface area contributed by atoms with Crippen molar-refractivity contribution in [3.8, 4) is 0 Å². The van der Waals surface area contributed by atoms with Crippen LogP contribution in [0.5, 0.6) is 0 Å². The largest absolute Gasteiger partial charge is 0.352 e. The number of amides is 1. The monoisotopic (exact) mass is 235 g/mol. The van der Waals surface area contributed by atoms with Gasteiger partial charge in [0.25, 0.3) is 0 Å². The van der Waals surface area contributed by atoms with Crippen molar-refractivity contribution in [2.24, 2.45) is 0 Å². The molecule has 1 unspecified atom stereocenters. The number of hydrogen-bond donors (Lipinski definition) is 2. The van der Waals surface area contributed by atoms with E-state index in [9.17, 15) is 4.79 Å². The summed E-state index contributed by atoms with van der Waals surface area (Å²) in [5, 5.41) is 13.7. The van der Waals surface area contributed by atoms with E-state index in [0.29, 0.717) is 12.0 Å². The van der Waals surface area contributed by atoms with E-state index in [2.05, 4.69) is 25.8 Å². The fraction of sp³-hybridized carbons (Fsp3) is 0.636. The summed E-state index contributed by atoms with van der Waals surface area (Å²) in [6.45, 7) is 5.50. The van der Waals surface area contributed by atoms with Gasteiger partial charge in [0.1, 0.15) is 6.04 Å². The normalized spacial score (nSPS) is 16.4. The minimum atomic E-state index is -0.348. The maximum atomic E-state index is 11.7. The maximum absolute atomic E-state index is 11.7. The molecule has 0 saturated heterocycles. The number of carbonyl (C=O) groups excluding carboxylic acids is 1. The van der Waals surface area contributed by atoms with Crippen LogP contribution in [0.3, 0.4) is 0 Å². The second kappa shape index (κ2) is 4.65. The second-order valence-electron chi connectivity index (χ2n) is 4.46. The lowest BCUT2D eigenvalue weighted by molar-refractivity contribution is -0.121. The number of nitrogens with zero attached hydrogens (tertiary/aromatic N) is 3. The summed E-state index contributed by atoms with van der Waals surface area (Å²) in [6.07, 6.45) is 2.17. The van der Waals surface area contributed by atoms with Crippen molar-refractivity contribution in [2.45, 2.75) is 45.7 Å². The molecule has 1 aliphatic carbocycles. The van der Waals surface area contributed by atoms with Crippen LogP contribution in [0.4, 0.5) is 5.95 Å². The van der Waals surface area contributed by atoms with Gasteiger partial charge in [-0.3, -0.25) is 4.79 Å². The number of carbonyl (C=O) groups is 1. The molecule has 0 aromatic carbocycles. The van der Waals surface area contributed by atoms with E-state index in [1.54, 1.807) is 6.92 Å². The van der Waals surface area contributed by atoms with Gasteiger partial charge in [-0.2, -0.15) is 5.10 Å². The fourth-order valence-corrected chi connectivity index (χ4v) is 1.33. The molecule has 0 radical (unpaired) electrons. The number of nitrogens with one attached hydrogen (secondary N) is 2. The molecule has 0 aliphatic heterocycles. The van der Waals surface area contributed by atoms with Gasteiger partial charge in [0.05, 0.1) is 11.4 Å². The Morgan fingerprint density at radius 2 is 2.00 bits per heavy atom. The van der Waals surface area contributed by atoms with E-state index < -0.39 is 0 Å². The van der Waals surface area contributed by atoms with Gasteiger partial charge in [0.2, 0.25) is 11.9 Å². The van der Waals surface area contributed by atoms with Gasteiger partial charge in [-0.05, 0) is 33.6 Å². The first-order valence-electron chi connectivity index (χ1n) is 5.81. The molecule has 1 saturated carbocycles. The van der Waals surface area contributed by atoms with Crippen molar-refractivity contribution >= 4 is 11.9 Å². The standard InChI is InChI=1S/C11H17N5O/c1-6-7(2)15-16-11(12-6)13-8(3)10(17)14-9-4-5-9/h8-9H,4-5H2,1-3H3,(H,14,17)(H,12,13,16). The highest BCUT2D eigenvalue weighted by Gasteiger charge is 2.25. The van der Waals surface area contributed by atoms with Gasteiger partial charge < -0.3 is 10.6 Å². The lowest BCUT2D eigenvalue weighted by Crippen LogP contribution is -2.39. The van der Waals surface area contributed by atoms with E-state index >= 15 is 0 Å². The van der Waals surface area contributed by atoms with Crippen molar-refractivity contribution in [1.29, 1.82) is 0 Å². The minimum Gasteiger partial charge on any atom is -0.352 e. The Kier molecular flexibility index (Phi) is 3.21. The van der Waals surface area contributed by atoms with Crippen LogP contribution < -0.4 is 10.6 Å². The smallest absolute Gasteiger partial charge is 0.243 e. The highest BCUT2D eigenvalue weighted by atomic mass is 16.2. The zero-order chi connectivity index (χ0) is 12.4. The van der Waals surface area contributed by atoms with Gasteiger partial charge in [0, 0.05) is 6.04 Å². The molecule has 1 aromatic heterocycles. The third-order valence-corrected chi connectivity index (χ3v) is 2.75. The summed E-state index contributed by atoms with van der Waals surface area (Å²) in [6, 6.07) is 0.0186. The van der Waals surface area contributed by atoms with E-state index in [-0.39, 0.29) is 11.9 Å².